The van der Waals surface area contributed by atoms with Crippen molar-refractivity contribution in [3.05, 3.63) is 0 Å². The molecule has 76 valence electrons. The van der Waals surface area contributed by atoms with Crippen LogP contribution in [0.1, 0.15) is 39.5 Å². The van der Waals surface area contributed by atoms with Gasteiger partial charge in [-0.2, -0.15) is 0 Å². The van der Waals surface area contributed by atoms with E-state index in [1.165, 1.54) is 45.3 Å². The highest BCUT2D eigenvalue weighted by Gasteiger charge is 2.38. The highest BCUT2D eigenvalue weighted by molar-refractivity contribution is 4.90. The largest absolute Gasteiger partial charge is 0.303 e. The number of hydrogen-bond acceptors (Lipinski definition) is 1. The van der Waals surface area contributed by atoms with Gasteiger partial charge in [0.05, 0.1) is 0 Å². The van der Waals surface area contributed by atoms with Gasteiger partial charge in [0.2, 0.25) is 0 Å². The van der Waals surface area contributed by atoms with Crippen molar-refractivity contribution in [2.24, 2.45) is 17.8 Å². The summed E-state index contributed by atoms with van der Waals surface area (Å²) in [6.07, 6.45) is 5.76. The molecule has 0 radical (unpaired) electrons. The second-order valence-corrected chi connectivity index (χ2v) is 5.21. The van der Waals surface area contributed by atoms with Crippen LogP contribution < -0.4 is 0 Å². The van der Waals surface area contributed by atoms with Crippen LogP contribution in [0.2, 0.25) is 0 Å². The zero-order valence-electron chi connectivity index (χ0n) is 9.13. The van der Waals surface area contributed by atoms with E-state index < -0.39 is 0 Å². The maximum Gasteiger partial charge on any atom is 0.00130 e. The van der Waals surface area contributed by atoms with Crippen molar-refractivity contribution in [3.8, 4) is 0 Å². The summed E-state index contributed by atoms with van der Waals surface area (Å²) in [4.78, 5) is 2.70. The van der Waals surface area contributed by atoms with Crippen molar-refractivity contribution in [2.75, 3.05) is 19.6 Å². The molecule has 0 aromatic heterocycles. The fraction of sp³-hybridized carbons (Fsp3) is 1.00. The second kappa shape index (κ2) is 4.00. The molecule has 0 spiro atoms. The molecule has 1 heteroatoms. The van der Waals surface area contributed by atoms with Gasteiger partial charge in [-0.05, 0) is 43.6 Å². The predicted molar refractivity (Wildman–Crippen MR) is 56.7 cm³/mol. The fourth-order valence-electron chi connectivity index (χ4n) is 3.26. The van der Waals surface area contributed by atoms with Gasteiger partial charge < -0.3 is 4.90 Å². The molecular weight excluding hydrogens is 158 g/mol. The number of fused-ring (bicyclic) bond motifs is 1. The Balaban J connectivity index is 1.77. The van der Waals surface area contributed by atoms with Gasteiger partial charge in [-0.15, -0.1) is 0 Å². The average molecular weight is 181 g/mol. The summed E-state index contributed by atoms with van der Waals surface area (Å²) in [7, 11) is 0. The normalized spacial score (nSPS) is 39.7. The third kappa shape index (κ3) is 2.07. The van der Waals surface area contributed by atoms with Gasteiger partial charge in [-0.25, -0.2) is 0 Å². The molecule has 0 bridgehead atoms. The number of likely N-dealkylation sites (tertiary alicyclic amines) is 1. The lowest BCUT2D eigenvalue weighted by atomic mass is 10.0. The van der Waals surface area contributed by atoms with E-state index in [2.05, 4.69) is 18.7 Å². The molecule has 0 amide bonds. The van der Waals surface area contributed by atoms with Crippen molar-refractivity contribution < 1.29 is 0 Å². The topological polar surface area (TPSA) is 3.24 Å². The summed E-state index contributed by atoms with van der Waals surface area (Å²) in [6.45, 7) is 8.90. The van der Waals surface area contributed by atoms with Crippen LogP contribution in [0.5, 0.6) is 0 Å². The van der Waals surface area contributed by atoms with Gasteiger partial charge in [-0.1, -0.05) is 20.3 Å². The Bertz CT molecular complexity index is 153. The molecule has 2 atom stereocenters. The summed E-state index contributed by atoms with van der Waals surface area (Å²) >= 11 is 0. The maximum absolute atomic E-state index is 2.70. The minimum Gasteiger partial charge on any atom is -0.303 e. The highest BCUT2D eigenvalue weighted by atomic mass is 15.2. The zero-order valence-corrected chi connectivity index (χ0v) is 9.13. The van der Waals surface area contributed by atoms with Crippen molar-refractivity contribution in [3.63, 3.8) is 0 Å². The molecule has 1 saturated heterocycles. The van der Waals surface area contributed by atoms with E-state index in [-0.39, 0.29) is 0 Å². The third-order valence-electron chi connectivity index (χ3n) is 3.89. The molecule has 0 N–H and O–H groups in total. The molecule has 1 saturated carbocycles. The quantitative estimate of drug-likeness (QED) is 0.647. The Morgan fingerprint density at radius 3 is 2.31 bits per heavy atom. The van der Waals surface area contributed by atoms with Crippen LogP contribution in [-0.4, -0.2) is 24.5 Å². The Morgan fingerprint density at radius 2 is 1.77 bits per heavy atom. The first-order valence-electron chi connectivity index (χ1n) is 6.02. The lowest BCUT2D eigenvalue weighted by molar-refractivity contribution is 0.296. The molecule has 13 heavy (non-hydrogen) atoms. The molecule has 1 aliphatic carbocycles. The molecule has 2 aliphatic rings. The summed E-state index contributed by atoms with van der Waals surface area (Å²) in [5, 5.41) is 0. The molecule has 0 aromatic rings. The molecular formula is C12H23N. The SMILES string of the molecule is CCCCN1CC2CC(C)CC2C1. The molecule has 1 aliphatic heterocycles. The smallest absolute Gasteiger partial charge is 0.00130 e. The van der Waals surface area contributed by atoms with E-state index in [4.69, 9.17) is 0 Å². The molecule has 0 aromatic carbocycles. The highest BCUT2D eigenvalue weighted by Crippen LogP contribution is 2.41. The van der Waals surface area contributed by atoms with E-state index in [9.17, 15) is 0 Å². The average Bonchev–Trinajstić information content (AvgIpc) is 2.57. The summed E-state index contributed by atoms with van der Waals surface area (Å²) in [6, 6.07) is 0. The van der Waals surface area contributed by atoms with Gasteiger partial charge in [0.25, 0.3) is 0 Å². The van der Waals surface area contributed by atoms with Gasteiger partial charge in [0, 0.05) is 13.1 Å². The Morgan fingerprint density at radius 1 is 1.15 bits per heavy atom. The molecule has 1 heterocycles. The minimum atomic E-state index is 1.02. The van der Waals surface area contributed by atoms with E-state index in [0.717, 1.165) is 17.8 Å². The lowest BCUT2D eigenvalue weighted by Crippen LogP contribution is -2.23. The zero-order chi connectivity index (χ0) is 9.26. The number of rotatable bonds is 3. The van der Waals surface area contributed by atoms with Crippen LogP contribution in [0.4, 0.5) is 0 Å². The van der Waals surface area contributed by atoms with Crippen LogP contribution in [-0.2, 0) is 0 Å². The van der Waals surface area contributed by atoms with E-state index in [1.54, 1.807) is 0 Å². The number of nitrogens with zero attached hydrogens (tertiary/aromatic N) is 1. The Kier molecular flexibility index (Phi) is 2.92. The van der Waals surface area contributed by atoms with Crippen LogP contribution in [0.15, 0.2) is 0 Å². The van der Waals surface area contributed by atoms with Gasteiger partial charge in [-0.3, -0.25) is 0 Å². The fourth-order valence-corrected chi connectivity index (χ4v) is 3.26. The molecule has 2 rings (SSSR count). The standard InChI is InChI=1S/C12H23N/c1-3-4-5-13-8-11-6-10(2)7-12(11)9-13/h10-12H,3-9H2,1-2H3. The van der Waals surface area contributed by atoms with Crippen molar-refractivity contribution in [2.45, 2.75) is 39.5 Å². The van der Waals surface area contributed by atoms with Crippen LogP contribution in [0.25, 0.3) is 0 Å². The summed E-state index contributed by atoms with van der Waals surface area (Å²) < 4.78 is 0. The minimum absolute atomic E-state index is 1.02. The van der Waals surface area contributed by atoms with Crippen molar-refractivity contribution >= 4 is 0 Å². The monoisotopic (exact) mass is 181 g/mol. The first-order chi connectivity index (χ1) is 6.29. The number of hydrogen-bond donors (Lipinski definition) is 0. The van der Waals surface area contributed by atoms with E-state index >= 15 is 0 Å². The van der Waals surface area contributed by atoms with Crippen molar-refractivity contribution in [1.29, 1.82) is 0 Å². The van der Waals surface area contributed by atoms with E-state index in [1.807, 2.05) is 0 Å². The second-order valence-electron chi connectivity index (χ2n) is 5.21. The van der Waals surface area contributed by atoms with Crippen molar-refractivity contribution in [1.82, 2.24) is 4.90 Å². The molecule has 1 nitrogen and oxygen atoms in total. The maximum atomic E-state index is 2.70. The van der Waals surface area contributed by atoms with Gasteiger partial charge >= 0.3 is 0 Å². The van der Waals surface area contributed by atoms with Crippen LogP contribution >= 0.6 is 0 Å². The Hall–Kier alpha value is -0.0400. The first-order valence-corrected chi connectivity index (χ1v) is 6.02. The predicted octanol–water partition coefficient (Wildman–Crippen LogP) is 2.76. The molecule has 2 unspecified atom stereocenters. The third-order valence-corrected chi connectivity index (χ3v) is 3.89. The van der Waals surface area contributed by atoms with Gasteiger partial charge in [0.15, 0.2) is 0 Å². The lowest BCUT2D eigenvalue weighted by Gasteiger charge is -2.16. The summed E-state index contributed by atoms with van der Waals surface area (Å²) in [5.41, 5.74) is 0. The van der Waals surface area contributed by atoms with Crippen LogP contribution in [0, 0.1) is 17.8 Å². The van der Waals surface area contributed by atoms with E-state index in [0.29, 0.717) is 0 Å². The van der Waals surface area contributed by atoms with Crippen LogP contribution in [0.3, 0.4) is 0 Å². The Labute approximate surface area is 82.5 Å². The number of unbranched alkanes of at least 4 members (excludes halogenated alkanes) is 1. The summed E-state index contributed by atoms with van der Waals surface area (Å²) in [5.74, 6) is 3.14. The van der Waals surface area contributed by atoms with Gasteiger partial charge in [0.1, 0.15) is 0 Å². The molecule has 2 fully saturated rings. The first kappa shape index (κ1) is 9.51.